The molecule has 5 heteroatoms. The standard InChI is InChI=1S/C18H28N4O/c1-7-15(11-23-6)21-16(18(4,5)12-19)10-17(20)22-13(2)8-9-14(22)3/h8-10,15H,7,11,20H2,1-6H3/b17-10+,21-16?. The first-order valence-corrected chi connectivity index (χ1v) is 7.87. The maximum Gasteiger partial charge on any atom is 0.109 e. The number of methoxy groups -OCH3 is 1. The third-order valence-electron chi connectivity index (χ3n) is 3.89. The van der Waals surface area contributed by atoms with Crippen molar-refractivity contribution in [1.82, 2.24) is 4.57 Å². The highest BCUT2D eigenvalue weighted by molar-refractivity contribution is 6.04. The van der Waals surface area contributed by atoms with Gasteiger partial charge in [-0.25, -0.2) is 0 Å². The third kappa shape index (κ3) is 4.70. The lowest BCUT2D eigenvalue weighted by Gasteiger charge is -2.20. The van der Waals surface area contributed by atoms with E-state index in [1.54, 1.807) is 7.11 Å². The second kappa shape index (κ2) is 7.98. The van der Waals surface area contributed by atoms with Crippen LogP contribution in [0.2, 0.25) is 0 Å². The minimum atomic E-state index is -0.721. The molecule has 0 aromatic carbocycles. The maximum atomic E-state index is 9.49. The second-order valence-corrected chi connectivity index (χ2v) is 6.29. The van der Waals surface area contributed by atoms with E-state index in [1.807, 2.05) is 50.5 Å². The van der Waals surface area contributed by atoms with E-state index in [4.69, 9.17) is 15.5 Å². The van der Waals surface area contributed by atoms with E-state index in [2.05, 4.69) is 13.0 Å². The largest absolute Gasteiger partial charge is 0.385 e. The summed E-state index contributed by atoms with van der Waals surface area (Å²) in [5, 5.41) is 9.49. The van der Waals surface area contributed by atoms with Crippen LogP contribution in [-0.2, 0) is 4.74 Å². The number of rotatable bonds is 7. The van der Waals surface area contributed by atoms with Crippen LogP contribution >= 0.6 is 0 Å². The molecule has 0 fully saturated rings. The van der Waals surface area contributed by atoms with Gasteiger partial charge in [0, 0.05) is 24.6 Å². The van der Waals surface area contributed by atoms with Crippen LogP contribution in [0.15, 0.2) is 23.2 Å². The molecule has 1 aromatic rings. The van der Waals surface area contributed by atoms with Crippen LogP contribution in [-0.4, -0.2) is 30.0 Å². The fourth-order valence-corrected chi connectivity index (χ4v) is 2.35. The number of aryl methyl sites for hydroxylation is 2. The fourth-order valence-electron chi connectivity index (χ4n) is 2.35. The van der Waals surface area contributed by atoms with Crippen molar-refractivity contribution >= 4 is 11.5 Å². The number of ether oxygens (including phenoxy) is 1. The van der Waals surface area contributed by atoms with E-state index >= 15 is 0 Å². The summed E-state index contributed by atoms with van der Waals surface area (Å²) in [5.74, 6) is 0.569. The summed E-state index contributed by atoms with van der Waals surface area (Å²) >= 11 is 0. The van der Waals surface area contributed by atoms with Gasteiger partial charge in [-0.1, -0.05) is 6.92 Å². The Bertz CT molecular complexity index is 612. The Morgan fingerprint density at radius 2 is 2.00 bits per heavy atom. The summed E-state index contributed by atoms with van der Waals surface area (Å²) in [6.07, 6.45) is 2.65. The second-order valence-electron chi connectivity index (χ2n) is 6.29. The number of aliphatic imine (C=N–C) groups is 1. The van der Waals surface area contributed by atoms with Gasteiger partial charge in [0.2, 0.25) is 0 Å². The Morgan fingerprint density at radius 1 is 1.43 bits per heavy atom. The molecule has 0 aliphatic rings. The van der Waals surface area contributed by atoms with Gasteiger partial charge in [0.15, 0.2) is 0 Å². The molecule has 0 aliphatic carbocycles. The predicted octanol–water partition coefficient (Wildman–Crippen LogP) is 3.28. The minimum absolute atomic E-state index is 0.0125. The molecule has 1 unspecified atom stereocenters. The summed E-state index contributed by atoms with van der Waals surface area (Å²) < 4.78 is 7.17. The van der Waals surface area contributed by atoms with Crippen molar-refractivity contribution in [2.24, 2.45) is 16.1 Å². The van der Waals surface area contributed by atoms with Gasteiger partial charge < -0.3 is 15.0 Å². The summed E-state index contributed by atoms with van der Waals surface area (Å²) in [7, 11) is 1.66. The van der Waals surface area contributed by atoms with Gasteiger partial charge in [-0.3, -0.25) is 4.99 Å². The van der Waals surface area contributed by atoms with E-state index in [0.29, 0.717) is 18.1 Å². The zero-order chi connectivity index (χ0) is 17.6. The lowest BCUT2D eigenvalue weighted by molar-refractivity contribution is 0.179. The van der Waals surface area contributed by atoms with E-state index in [0.717, 1.165) is 17.8 Å². The molecule has 0 saturated heterocycles. The molecule has 0 aliphatic heterocycles. The molecule has 0 radical (unpaired) electrons. The molecule has 0 amide bonds. The molecular weight excluding hydrogens is 288 g/mol. The van der Waals surface area contributed by atoms with Gasteiger partial charge in [-0.05, 0) is 46.2 Å². The van der Waals surface area contributed by atoms with Crippen molar-refractivity contribution in [3.8, 4) is 6.07 Å². The molecule has 5 nitrogen and oxygen atoms in total. The number of aromatic nitrogens is 1. The molecule has 0 spiro atoms. The van der Waals surface area contributed by atoms with Crippen molar-refractivity contribution in [3.63, 3.8) is 0 Å². The number of allylic oxidation sites excluding steroid dienone is 1. The van der Waals surface area contributed by atoms with Crippen LogP contribution in [0.4, 0.5) is 0 Å². The first kappa shape index (κ1) is 19.0. The quantitative estimate of drug-likeness (QED) is 0.784. The first-order chi connectivity index (χ1) is 10.8. The average Bonchev–Trinajstić information content (AvgIpc) is 2.84. The van der Waals surface area contributed by atoms with Gasteiger partial charge in [0.25, 0.3) is 0 Å². The third-order valence-corrected chi connectivity index (χ3v) is 3.89. The number of hydrogen-bond acceptors (Lipinski definition) is 4. The summed E-state index contributed by atoms with van der Waals surface area (Å²) in [6, 6.07) is 6.36. The highest BCUT2D eigenvalue weighted by atomic mass is 16.5. The smallest absolute Gasteiger partial charge is 0.109 e. The van der Waals surface area contributed by atoms with Crippen LogP contribution < -0.4 is 5.73 Å². The van der Waals surface area contributed by atoms with Crippen molar-refractivity contribution in [2.45, 2.75) is 47.1 Å². The number of nitrogens with two attached hydrogens (primary N) is 1. The van der Waals surface area contributed by atoms with E-state index in [-0.39, 0.29) is 6.04 Å². The molecule has 0 bridgehead atoms. The maximum absolute atomic E-state index is 9.49. The van der Waals surface area contributed by atoms with Crippen LogP contribution in [0.1, 0.15) is 38.6 Å². The lowest BCUT2D eigenvalue weighted by Crippen LogP contribution is -2.26. The van der Waals surface area contributed by atoms with Crippen LogP contribution in [0.25, 0.3) is 5.82 Å². The molecule has 0 saturated carbocycles. The molecule has 1 heterocycles. The molecule has 23 heavy (non-hydrogen) atoms. The summed E-state index contributed by atoms with van der Waals surface area (Å²) in [5.41, 5.74) is 8.34. The first-order valence-electron chi connectivity index (χ1n) is 7.87. The molecule has 1 aromatic heterocycles. The highest BCUT2D eigenvalue weighted by Crippen LogP contribution is 2.21. The van der Waals surface area contributed by atoms with Crippen LogP contribution in [0, 0.1) is 30.6 Å². The Labute approximate surface area is 139 Å². The lowest BCUT2D eigenvalue weighted by atomic mass is 9.88. The van der Waals surface area contributed by atoms with E-state index in [1.165, 1.54) is 0 Å². The summed E-state index contributed by atoms with van der Waals surface area (Å²) in [6.45, 7) is 10.3. The van der Waals surface area contributed by atoms with Gasteiger partial charge >= 0.3 is 0 Å². The van der Waals surface area contributed by atoms with Crippen molar-refractivity contribution in [3.05, 3.63) is 29.6 Å². The zero-order valence-electron chi connectivity index (χ0n) is 15.1. The van der Waals surface area contributed by atoms with Gasteiger partial charge in [-0.15, -0.1) is 0 Å². The Balaban J connectivity index is 3.34. The van der Waals surface area contributed by atoms with Crippen molar-refractivity contribution in [2.75, 3.05) is 13.7 Å². The van der Waals surface area contributed by atoms with Gasteiger partial charge in [0.05, 0.1) is 29.8 Å². The number of nitriles is 1. The molecular formula is C18H28N4O. The van der Waals surface area contributed by atoms with Crippen LogP contribution in [0.5, 0.6) is 0 Å². The Morgan fingerprint density at radius 3 is 2.43 bits per heavy atom. The Hall–Kier alpha value is -2.06. The molecule has 2 N–H and O–H groups in total. The van der Waals surface area contributed by atoms with Gasteiger partial charge in [-0.2, -0.15) is 5.26 Å². The number of nitrogens with zero attached hydrogens (tertiary/aromatic N) is 3. The van der Waals surface area contributed by atoms with Crippen molar-refractivity contribution in [1.29, 1.82) is 5.26 Å². The van der Waals surface area contributed by atoms with Crippen LogP contribution in [0.3, 0.4) is 0 Å². The predicted molar refractivity (Wildman–Crippen MR) is 95.2 cm³/mol. The number of hydrogen-bond donors (Lipinski definition) is 1. The Kier molecular flexibility index (Phi) is 6.59. The highest BCUT2D eigenvalue weighted by Gasteiger charge is 2.25. The average molecular weight is 316 g/mol. The summed E-state index contributed by atoms with van der Waals surface area (Å²) in [4.78, 5) is 4.74. The molecule has 126 valence electrons. The molecule has 1 rings (SSSR count). The normalized spacial score (nSPS) is 14.7. The zero-order valence-corrected chi connectivity index (χ0v) is 15.1. The SMILES string of the molecule is CCC(COC)N=C(/C=C(\N)n1c(C)ccc1C)C(C)(C)C#N. The fraction of sp³-hybridized carbons (Fsp3) is 0.556. The monoisotopic (exact) mass is 316 g/mol. The topological polar surface area (TPSA) is 76.3 Å². The van der Waals surface area contributed by atoms with Crippen molar-refractivity contribution < 1.29 is 4.74 Å². The minimum Gasteiger partial charge on any atom is -0.385 e. The van der Waals surface area contributed by atoms with Gasteiger partial charge in [0.1, 0.15) is 5.82 Å². The van der Waals surface area contributed by atoms with E-state index < -0.39 is 5.41 Å². The molecule has 1 atom stereocenters. The van der Waals surface area contributed by atoms with E-state index in [9.17, 15) is 5.26 Å².